The molecule has 1 aliphatic carbocycles. The lowest BCUT2D eigenvalue weighted by atomic mass is 9.49. The third-order valence-electron chi connectivity index (χ3n) is 16.5. The number of nitrogens with one attached hydrogen (secondary N) is 1. The van der Waals surface area contributed by atoms with Gasteiger partial charge in [-0.3, -0.25) is 29.1 Å². The summed E-state index contributed by atoms with van der Waals surface area (Å²) < 4.78 is 31.3. The second kappa shape index (κ2) is 14.9. The fourth-order valence-corrected chi connectivity index (χ4v) is 14.1. The Bertz CT molecular complexity index is 2630. The van der Waals surface area contributed by atoms with Crippen LogP contribution in [0, 0.1) is 29.1 Å². The lowest BCUT2D eigenvalue weighted by molar-refractivity contribution is -0.178. The van der Waals surface area contributed by atoms with Crippen LogP contribution in [0.3, 0.4) is 0 Å². The first kappa shape index (κ1) is 43.7. The number of aliphatic hydroxyl groups is 1. The maximum atomic E-state index is 15.6. The number of methoxy groups -OCH3 is 3. The summed E-state index contributed by atoms with van der Waals surface area (Å²) >= 11 is 0. The lowest BCUT2D eigenvalue weighted by Gasteiger charge is -2.58. The number of carbonyl (C=O) groups excluding carboxylic acids is 4. The fraction of sp³-hybridized carbons (Fsp3) is 0.569. The molecule has 2 spiro atoms. The molecule has 14 nitrogen and oxygen atoms in total. The molecule has 3 aromatic rings. The summed E-state index contributed by atoms with van der Waals surface area (Å²) in [5, 5.41) is 13.1. The van der Waals surface area contributed by atoms with Gasteiger partial charge in [-0.1, -0.05) is 51.7 Å². The van der Waals surface area contributed by atoms with Crippen molar-refractivity contribution in [3.63, 3.8) is 0 Å². The van der Waals surface area contributed by atoms with Crippen LogP contribution >= 0.6 is 0 Å². The molecule has 10 atom stereocenters. The number of carbonyl (C=O) groups is 4. The van der Waals surface area contributed by atoms with Gasteiger partial charge in [0.15, 0.2) is 6.10 Å². The first-order chi connectivity index (χ1) is 31.1. The number of ether oxygens (including phenoxy) is 5. The van der Waals surface area contributed by atoms with Crippen LogP contribution in [0.15, 0.2) is 42.5 Å². The van der Waals surface area contributed by atoms with Crippen LogP contribution in [-0.2, 0) is 55.4 Å². The van der Waals surface area contributed by atoms with Crippen molar-refractivity contribution < 1.29 is 48.0 Å². The summed E-state index contributed by atoms with van der Waals surface area (Å²) in [4.78, 5) is 67.2. The second-order valence-electron chi connectivity index (χ2n) is 19.9. The van der Waals surface area contributed by atoms with Crippen LogP contribution in [0.4, 0.5) is 5.69 Å². The summed E-state index contributed by atoms with van der Waals surface area (Å²) in [5.74, 6) is 5.16. The van der Waals surface area contributed by atoms with Crippen LogP contribution < -0.4 is 9.64 Å². The SMILES string of the molecule is CC[C@]1(O)C[C@H]2CN(CCc3c([nH]c4ccc(C#CC(C)C)cc34)[C@@](C(=O)OC)(c3cc4c(cc3OC)N(C=O)[C@@]35O[C@]3(C(=O)OC)[C@H](OC(C)=O)[C@]3(CC)C=CCN6CC[C@]45[C@@H]63)C2)C1. The minimum Gasteiger partial charge on any atom is -0.496 e. The standard InChI is InChI=1S/C51H60N4O10/c1-9-46(60)25-33-26-48(44(58)62-7,41-34(16-20-53(27-33)28-46)35-22-32(13-12-30(3)4)14-15-38(35)52-41)37-23-36-39(24-40(37)61-6)55(29-56)51-49(36)18-21-54-19-11-17-47(10-2,42(49)54)43(64-31(5)57)50(51,65-51)45(59)63-8/h11,14-15,17,22-24,29-30,33,42-43,52,60H,9-10,16,18-21,25-28H2,1-8H3/t33-,42+,43-,46+,47-,48+,49-,50+,51+/m1/s1. The van der Waals surface area contributed by atoms with Crippen LogP contribution in [0.2, 0.25) is 0 Å². The van der Waals surface area contributed by atoms with Gasteiger partial charge in [0.1, 0.15) is 11.2 Å². The third-order valence-corrected chi connectivity index (χ3v) is 16.5. The van der Waals surface area contributed by atoms with Crippen LogP contribution in [0.1, 0.15) is 94.7 Å². The van der Waals surface area contributed by atoms with Gasteiger partial charge in [-0.15, -0.1) is 0 Å². The fourth-order valence-electron chi connectivity index (χ4n) is 14.1. The van der Waals surface area contributed by atoms with E-state index in [1.54, 1.807) is 13.2 Å². The Morgan fingerprint density at radius 1 is 1.03 bits per heavy atom. The maximum Gasteiger partial charge on any atom is 0.347 e. The molecule has 3 saturated heterocycles. The predicted octanol–water partition coefficient (Wildman–Crippen LogP) is 4.89. The number of esters is 3. The van der Waals surface area contributed by atoms with Crippen molar-refractivity contribution in [2.45, 2.75) is 113 Å². The highest BCUT2D eigenvalue weighted by molar-refractivity contribution is 6.00. The maximum absolute atomic E-state index is 15.6. The van der Waals surface area contributed by atoms with Crippen molar-refractivity contribution in [3.8, 4) is 17.6 Å². The largest absolute Gasteiger partial charge is 0.496 e. The summed E-state index contributed by atoms with van der Waals surface area (Å²) in [5.41, 5.74) is -3.08. The average molecular weight is 889 g/mol. The molecule has 1 amide bonds. The van der Waals surface area contributed by atoms with Crippen molar-refractivity contribution in [3.05, 3.63) is 70.4 Å². The number of hydrogen-bond acceptors (Lipinski definition) is 12. The van der Waals surface area contributed by atoms with E-state index in [0.29, 0.717) is 93.9 Å². The molecule has 6 aliphatic heterocycles. The van der Waals surface area contributed by atoms with Crippen molar-refractivity contribution in [2.24, 2.45) is 17.3 Å². The number of benzene rings is 2. The molecule has 1 aromatic heterocycles. The Morgan fingerprint density at radius 3 is 2.49 bits per heavy atom. The second-order valence-corrected chi connectivity index (χ2v) is 19.9. The smallest absolute Gasteiger partial charge is 0.347 e. The van der Waals surface area contributed by atoms with Gasteiger partial charge in [0.25, 0.3) is 5.60 Å². The first-order valence-corrected chi connectivity index (χ1v) is 23.2. The third kappa shape index (κ3) is 5.50. The van der Waals surface area contributed by atoms with Gasteiger partial charge >= 0.3 is 17.9 Å². The monoisotopic (exact) mass is 888 g/mol. The van der Waals surface area contributed by atoms with E-state index in [0.717, 1.165) is 27.6 Å². The Hall–Kier alpha value is -5.20. The number of hydrogen-bond donors (Lipinski definition) is 2. The molecular formula is C51H60N4O10. The van der Waals surface area contributed by atoms with Crippen molar-refractivity contribution in [2.75, 3.05) is 59.0 Å². The van der Waals surface area contributed by atoms with E-state index in [1.807, 2.05) is 32.0 Å². The number of rotatable bonds is 8. The molecule has 2 N–H and O–H groups in total. The zero-order valence-corrected chi connectivity index (χ0v) is 38.7. The molecule has 7 heterocycles. The number of aromatic amines is 1. The minimum absolute atomic E-state index is 0.164. The van der Waals surface area contributed by atoms with Gasteiger partial charge in [0, 0.05) is 84.3 Å². The van der Waals surface area contributed by atoms with Gasteiger partial charge in [0.05, 0.1) is 38.0 Å². The van der Waals surface area contributed by atoms with Gasteiger partial charge in [-0.2, -0.15) is 0 Å². The van der Waals surface area contributed by atoms with E-state index in [4.69, 9.17) is 23.7 Å². The lowest BCUT2D eigenvalue weighted by Crippen LogP contribution is -2.75. The number of H-pyrrole nitrogens is 1. The number of anilines is 1. The van der Waals surface area contributed by atoms with Crippen molar-refractivity contribution in [1.29, 1.82) is 0 Å². The highest BCUT2D eigenvalue weighted by atomic mass is 16.7. The quantitative estimate of drug-likeness (QED) is 0.0788. The number of epoxide rings is 1. The molecule has 344 valence electrons. The Morgan fingerprint density at radius 2 is 1.82 bits per heavy atom. The van der Waals surface area contributed by atoms with E-state index < -0.39 is 63.2 Å². The van der Waals surface area contributed by atoms with Crippen LogP contribution in [0.5, 0.6) is 5.75 Å². The van der Waals surface area contributed by atoms with Crippen LogP contribution in [-0.4, -0.2) is 127 Å². The Balaban J connectivity index is 1.29. The number of amides is 1. The molecule has 2 bridgehead atoms. The summed E-state index contributed by atoms with van der Waals surface area (Å²) in [6.45, 7) is 12.5. The highest BCUT2D eigenvalue weighted by Gasteiger charge is 2.99. The molecule has 1 saturated carbocycles. The topological polar surface area (TPSA) is 163 Å². The summed E-state index contributed by atoms with van der Waals surface area (Å²) in [6.07, 6.45) is 6.47. The molecule has 1 unspecified atom stereocenters. The van der Waals surface area contributed by atoms with Gasteiger partial charge in [-0.25, -0.2) is 4.79 Å². The van der Waals surface area contributed by atoms with Gasteiger partial charge in [0.2, 0.25) is 12.1 Å². The van der Waals surface area contributed by atoms with E-state index >= 15 is 4.79 Å². The van der Waals surface area contributed by atoms with Crippen molar-refractivity contribution >= 4 is 40.9 Å². The summed E-state index contributed by atoms with van der Waals surface area (Å²) in [7, 11) is 4.24. The van der Waals surface area contributed by atoms with E-state index in [9.17, 15) is 19.5 Å². The van der Waals surface area contributed by atoms with Crippen LogP contribution in [0.25, 0.3) is 10.9 Å². The van der Waals surface area contributed by atoms with E-state index in [1.165, 1.54) is 26.0 Å². The zero-order chi connectivity index (χ0) is 46.1. The molecule has 14 heteroatoms. The number of nitrogens with zero attached hydrogens (tertiary/aromatic N) is 3. The van der Waals surface area contributed by atoms with E-state index in [2.05, 4.69) is 58.7 Å². The highest BCUT2D eigenvalue weighted by Crippen LogP contribution is 2.80. The van der Waals surface area contributed by atoms with Crippen molar-refractivity contribution in [1.82, 2.24) is 14.8 Å². The molecule has 4 fully saturated rings. The first-order valence-electron chi connectivity index (χ1n) is 23.2. The molecule has 2 aromatic carbocycles. The predicted molar refractivity (Wildman–Crippen MR) is 240 cm³/mol. The summed E-state index contributed by atoms with van der Waals surface area (Å²) in [6, 6.07) is 9.52. The molecule has 10 rings (SSSR count). The minimum atomic E-state index is -1.90. The average Bonchev–Trinajstić information content (AvgIpc) is 3.52. The Kier molecular flexibility index (Phi) is 10.0. The number of piperidine rings is 1. The number of fused-ring (bicyclic) bond motifs is 6. The molecule has 0 radical (unpaired) electrons. The van der Waals surface area contributed by atoms with Gasteiger partial charge in [-0.05, 0) is 86.4 Å². The van der Waals surface area contributed by atoms with E-state index in [-0.39, 0.29) is 18.3 Å². The molecule has 7 aliphatic rings. The zero-order valence-electron chi connectivity index (χ0n) is 38.7. The molecule has 65 heavy (non-hydrogen) atoms. The number of aromatic nitrogens is 1. The molecular weight excluding hydrogens is 829 g/mol. The normalized spacial score (nSPS) is 36.1. The van der Waals surface area contributed by atoms with Gasteiger partial charge < -0.3 is 33.8 Å². The Labute approximate surface area is 379 Å².